The standard InChI is InChI=1S/C17H26N6OS/c1-3-25-13-7-6-12(11-13)20-17(18-2)19-9-8-15-21-16(23-22-15)14-5-4-10-24-14/h4-5,10,12-13H,3,6-9,11H2,1-2H3,(H2,18,19,20)(H,21,22,23). The summed E-state index contributed by atoms with van der Waals surface area (Å²) in [5.41, 5.74) is 0. The Morgan fingerprint density at radius 2 is 2.40 bits per heavy atom. The van der Waals surface area contributed by atoms with Gasteiger partial charge in [-0.3, -0.25) is 10.1 Å². The summed E-state index contributed by atoms with van der Waals surface area (Å²) in [6, 6.07) is 4.20. The number of rotatable bonds is 7. The topological polar surface area (TPSA) is 91.1 Å². The number of H-pyrrole nitrogens is 1. The van der Waals surface area contributed by atoms with Gasteiger partial charge in [0.25, 0.3) is 0 Å². The highest BCUT2D eigenvalue weighted by molar-refractivity contribution is 7.99. The van der Waals surface area contributed by atoms with Gasteiger partial charge in [-0.2, -0.15) is 16.9 Å². The first-order valence-corrected chi connectivity index (χ1v) is 9.87. The SMILES string of the molecule is CCSC1CCC(NC(=NC)NCCc2nc(-c3ccco3)n[nH]2)C1. The molecular formula is C17H26N6OS. The van der Waals surface area contributed by atoms with Crippen molar-refractivity contribution in [2.75, 3.05) is 19.3 Å². The van der Waals surface area contributed by atoms with Crippen LogP contribution >= 0.6 is 11.8 Å². The third-order valence-electron chi connectivity index (χ3n) is 4.28. The molecule has 0 saturated heterocycles. The van der Waals surface area contributed by atoms with Crippen LogP contribution in [0.4, 0.5) is 0 Å². The van der Waals surface area contributed by atoms with Gasteiger partial charge in [-0.15, -0.1) is 0 Å². The summed E-state index contributed by atoms with van der Waals surface area (Å²) in [6.07, 6.45) is 6.09. The number of hydrogen-bond acceptors (Lipinski definition) is 5. The van der Waals surface area contributed by atoms with Crippen molar-refractivity contribution in [1.82, 2.24) is 25.8 Å². The Hall–Kier alpha value is -1.96. The number of hydrogen-bond donors (Lipinski definition) is 3. The number of thioether (sulfide) groups is 1. The van der Waals surface area contributed by atoms with Gasteiger partial charge in [-0.05, 0) is 37.1 Å². The molecule has 0 bridgehead atoms. The molecule has 1 fully saturated rings. The van der Waals surface area contributed by atoms with E-state index in [4.69, 9.17) is 4.42 Å². The molecule has 0 aliphatic heterocycles. The smallest absolute Gasteiger partial charge is 0.216 e. The zero-order valence-electron chi connectivity index (χ0n) is 14.8. The lowest BCUT2D eigenvalue weighted by Crippen LogP contribution is -2.43. The molecule has 2 aromatic rings. The van der Waals surface area contributed by atoms with E-state index in [2.05, 4.69) is 49.5 Å². The average molecular weight is 363 g/mol. The fourth-order valence-corrected chi connectivity index (χ4v) is 4.21. The highest BCUT2D eigenvalue weighted by Gasteiger charge is 2.25. The average Bonchev–Trinajstić information content (AvgIpc) is 3.36. The number of nitrogens with one attached hydrogen (secondary N) is 3. The lowest BCUT2D eigenvalue weighted by atomic mass is 10.2. The van der Waals surface area contributed by atoms with Crippen LogP contribution in [0.2, 0.25) is 0 Å². The third-order valence-corrected chi connectivity index (χ3v) is 5.51. The predicted octanol–water partition coefficient (Wildman–Crippen LogP) is 2.45. The van der Waals surface area contributed by atoms with Crippen molar-refractivity contribution in [1.29, 1.82) is 0 Å². The van der Waals surface area contributed by atoms with Crippen LogP contribution in [0.25, 0.3) is 11.6 Å². The maximum Gasteiger partial charge on any atom is 0.216 e. The van der Waals surface area contributed by atoms with Gasteiger partial charge >= 0.3 is 0 Å². The summed E-state index contributed by atoms with van der Waals surface area (Å²) in [6.45, 7) is 2.97. The van der Waals surface area contributed by atoms with Gasteiger partial charge < -0.3 is 15.1 Å². The molecule has 2 unspecified atom stereocenters. The monoisotopic (exact) mass is 362 g/mol. The highest BCUT2D eigenvalue weighted by atomic mass is 32.2. The molecule has 2 atom stereocenters. The summed E-state index contributed by atoms with van der Waals surface area (Å²) in [7, 11) is 1.81. The van der Waals surface area contributed by atoms with Gasteiger partial charge in [0.15, 0.2) is 11.7 Å². The molecule has 7 nitrogen and oxygen atoms in total. The molecule has 8 heteroatoms. The van der Waals surface area contributed by atoms with E-state index in [0.717, 1.165) is 30.0 Å². The summed E-state index contributed by atoms with van der Waals surface area (Å²) in [5.74, 6) is 4.15. The number of nitrogens with zero attached hydrogens (tertiary/aromatic N) is 3. The maximum atomic E-state index is 5.30. The number of guanidine groups is 1. The van der Waals surface area contributed by atoms with E-state index >= 15 is 0 Å². The molecule has 0 amide bonds. The summed E-state index contributed by atoms with van der Waals surface area (Å²) >= 11 is 2.07. The van der Waals surface area contributed by atoms with Crippen LogP contribution in [0.1, 0.15) is 32.0 Å². The van der Waals surface area contributed by atoms with Gasteiger partial charge in [0.1, 0.15) is 5.82 Å². The largest absolute Gasteiger partial charge is 0.461 e. The van der Waals surface area contributed by atoms with E-state index in [-0.39, 0.29) is 0 Å². The zero-order valence-corrected chi connectivity index (χ0v) is 15.6. The number of furan rings is 1. The van der Waals surface area contributed by atoms with E-state index in [1.807, 2.05) is 19.2 Å². The first-order chi connectivity index (χ1) is 12.3. The third kappa shape index (κ3) is 5.01. The lowest BCUT2D eigenvalue weighted by molar-refractivity contribution is 0.577. The van der Waals surface area contributed by atoms with Crippen LogP contribution in [0.5, 0.6) is 0 Å². The second kappa shape index (κ2) is 8.94. The second-order valence-electron chi connectivity index (χ2n) is 6.06. The Bertz CT molecular complexity index is 668. The van der Waals surface area contributed by atoms with Crippen molar-refractivity contribution < 1.29 is 4.42 Å². The molecule has 0 radical (unpaired) electrons. The fourth-order valence-electron chi connectivity index (χ4n) is 3.07. The van der Waals surface area contributed by atoms with Crippen LogP contribution < -0.4 is 10.6 Å². The van der Waals surface area contributed by atoms with Crippen molar-refractivity contribution in [2.45, 2.75) is 43.9 Å². The van der Waals surface area contributed by atoms with E-state index in [9.17, 15) is 0 Å². The molecule has 3 N–H and O–H groups in total. The predicted molar refractivity (Wildman–Crippen MR) is 102 cm³/mol. The lowest BCUT2D eigenvalue weighted by Gasteiger charge is -2.17. The van der Waals surface area contributed by atoms with Crippen LogP contribution in [-0.4, -0.2) is 51.8 Å². The number of aliphatic imine (C=N–C) groups is 1. The van der Waals surface area contributed by atoms with E-state index < -0.39 is 0 Å². The fraction of sp³-hybridized carbons (Fsp3) is 0.588. The van der Waals surface area contributed by atoms with Gasteiger partial charge in [-0.1, -0.05) is 6.92 Å². The van der Waals surface area contributed by atoms with Crippen molar-refractivity contribution >= 4 is 17.7 Å². The molecule has 1 aliphatic rings. The van der Waals surface area contributed by atoms with Crippen LogP contribution in [0.3, 0.4) is 0 Å². The Kier molecular flexibility index (Phi) is 6.38. The van der Waals surface area contributed by atoms with E-state index in [0.29, 0.717) is 17.6 Å². The highest BCUT2D eigenvalue weighted by Crippen LogP contribution is 2.29. The minimum Gasteiger partial charge on any atom is -0.461 e. The zero-order chi connectivity index (χ0) is 17.5. The van der Waals surface area contributed by atoms with Crippen LogP contribution in [0, 0.1) is 0 Å². The normalized spacial score (nSPS) is 20.8. The molecule has 0 spiro atoms. The molecule has 0 aromatic carbocycles. The van der Waals surface area contributed by atoms with Gasteiger partial charge in [0.05, 0.1) is 6.26 Å². The van der Waals surface area contributed by atoms with Crippen molar-refractivity contribution in [3.63, 3.8) is 0 Å². The summed E-state index contributed by atoms with van der Waals surface area (Å²) in [4.78, 5) is 8.77. The Labute approximate surface area is 152 Å². The van der Waals surface area contributed by atoms with Crippen molar-refractivity contribution in [3.8, 4) is 11.6 Å². The first kappa shape index (κ1) is 17.8. The minimum atomic E-state index is 0.520. The first-order valence-electron chi connectivity index (χ1n) is 8.82. The van der Waals surface area contributed by atoms with Crippen LogP contribution in [0.15, 0.2) is 27.8 Å². The van der Waals surface area contributed by atoms with E-state index in [1.165, 1.54) is 25.0 Å². The van der Waals surface area contributed by atoms with Gasteiger partial charge in [-0.25, -0.2) is 4.98 Å². The molecular weight excluding hydrogens is 336 g/mol. The van der Waals surface area contributed by atoms with Crippen molar-refractivity contribution in [2.24, 2.45) is 4.99 Å². The second-order valence-corrected chi connectivity index (χ2v) is 7.64. The Balaban J connectivity index is 1.41. The van der Waals surface area contributed by atoms with Gasteiger partial charge in [0.2, 0.25) is 5.82 Å². The number of aromatic nitrogens is 3. The molecule has 1 aliphatic carbocycles. The summed E-state index contributed by atoms with van der Waals surface area (Å²) in [5, 5.41) is 14.8. The number of aromatic amines is 1. The van der Waals surface area contributed by atoms with E-state index in [1.54, 1.807) is 6.26 Å². The summed E-state index contributed by atoms with van der Waals surface area (Å²) < 4.78 is 5.30. The molecule has 2 aromatic heterocycles. The van der Waals surface area contributed by atoms with Crippen molar-refractivity contribution in [3.05, 3.63) is 24.2 Å². The van der Waals surface area contributed by atoms with Crippen LogP contribution in [-0.2, 0) is 6.42 Å². The molecule has 1 saturated carbocycles. The molecule has 2 heterocycles. The molecule has 3 rings (SSSR count). The molecule has 136 valence electrons. The minimum absolute atomic E-state index is 0.520. The Morgan fingerprint density at radius 3 is 3.16 bits per heavy atom. The quantitative estimate of drug-likeness (QED) is 0.518. The Morgan fingerprint density at radius 1 is 1.48 bits per heavy atom. The van der Waals surface area contributed by atoms with Gasteiger partial charge in [0, 0.05) is 31.3 Å². The maximum absolute atomic E-state index is 5.30. The molecule has 25 heavy (non-hydrogen) atoms.